The summed E-state index contributed by atoms with van der Waals surface area (Å²) >= 11 is 0. The summed E-state index contributed by atoms with van der Waals surface area (Å²) in [6.45, 7) is 11.8. The van der Waals surface area contributed by atoms with Crippen LogP contribution in [0.3, 0.4) is 0 Å². The fraction of sp³-hybridized carbons (Fsp3) is 0.933. The molecule has 1 aliphatic heterocycles. The Kier molecular flexibility index (Phi) is 6.76. The van der Waals surface area contributed by atoms with Gasteiger partial charge in [0.1, 0.15) is 0 Å². The minimum absolute atomic E-state index is 0.114. The highest BCUT2D eigenvalue weighted by atomic mass is 16.3. The van der Waals surface area contributed by atoms with Crippen LogP contribution in [0.4, 0.5) is 4.79 Å². The minimum Gasteiger partial charge on any atom is -0.392 e. The van der Waals surface area contributed by atoms with Crippen LogP contribution in [0.2, 0.25) is 0 Å². The first-order valence-electron chi connectivity index (χ1n) is 7.70. The maximum absolute atomic E-state index is 11.9. The Hall–Kier alpha value is -0.810. The van der Waals surface area contributed by atoms with Crippen molar-refractivity contribution in [2.75, 3.05) is 33.2 Å². The number of nitrogens with one attached hydrogen (secondary N) is 1. The lowest BCUT2D eigenvalue weighted by molar-refractivity contribution is 0.124. The summed E-state index contributed by atoms with van der Waals surface area (Å²) in [7, 11) is 1.71. The summed E-state index contributed by atoms with van der Waals surface area (Å²) in [5.41, 5.74) is 0. The smallest absolute Gasteiger partial charge is 0.317 e. The predicted molar refractivity (Wildman–Crippen MR) is 81.7 cm³/mol. The van der Waals surface area contributed by atoms with Gasteiger partial charge in [-0.3, -0.25) is 0 Å². The van der Waals surface area contributed by atoms with E-state index in [1.54, 1.807) is 14.0 Å². The van der Waals surface area contributed by atoms with Gasteiger partial charge in [0.05, 0.1) is 6.10 Å². The van der Waals surface area contributed by atoms with Crippen LogP contribution < -0.4 is 5.32 Å². The van der Waals surface area contributed by atoms with E-state index < -0.39 is 6.10 Å². The lowest BCUT2D eigenvalue weighted by Gasteiger charge is -2.36. The third-order valence-corrected chi connectivity index (χ3v) is 3.73. The summed E-state index contributed by atoms with van der Waals surface area (Å²) in [6.07, 6.45) is 0.804. The molecule has 118 valence electrons. The van der Waals surface area contributed by atoms with Crippen molar-refractivity contribution in [2.45, 2.75) is 46.3 Å². The van der Waals surface area contributed by atoms with Gasteiger partial charge in [-0.1, -0.05) is 13.8 Å². The molecule has 4 atom stereocenters. The number of aliphatic hydroxyl groups excluding tert-OH is 1. The molecular formula is C15H31N3O2. The van der Waals surface area contributed by atoms with Gasteiger partial charge in [-0.25, -0.2) is 4.79 Å². The van der Waals surface area contributed by atoms with Crippen molar-refractivity contribution in [2.24, 2.45) is 11.8 Å². The molecule has 0 aromatic heterocycles. The molecule has 1 rings (SSSR count). The second-order valence-electron chi connectivity index (χ2n) is 6.74. The topological polar surface area (TPSA) is 55.8 Å². The first kappa shape index (κ1) is 17.2. The molecule has 0 bridgehead atoms. The molecule has 4 unspecified atom stereocenters. The minimum atomic E-state index is -0.496. The van der Waals surface area contributed by atoms with Gasteiger partial charge in [-0.2, -0.15) is 0 Å². The van der Waals surface area contributed by atoms with Crippen molar-refractivity contribution >= 4 is 6.03 Å². The van der Waals surface area contributed by atoms with Crippen molar-refractivity contribution < 1.29 is 9.90 Å². The standard InChI is InChI=1S/C15H31N3O2/c1-11-6-12(2)8-18(7-11)9-13(3)16-15(20)17(5)10-14(4)19/h11-14,19H,6-10H2,1-5H3,(H,16,20). The Labute approximate surface area is 123 Å². The van der Waals surface area contributed by atoms with Crippen molar-refractivity contribution in [3.05, 3.63) is 0 Å². The predicted octanol–water partition coefficient (Wildman–Crippen LogP) is 1.37. The van der Waals surface area contributed by atoms with E-state index in [2.05, 4.69) is 24.1 Å². The highest BCUT2D eigenvalue weighted by molar-refractivity contribution is 5.74. The first-order valence-corrected chi connectivity index (χ1v) is 7.70. The lowest BCUT2D eigenvalue weighted by atomic mass is 9.92. The van der Waals surface area contributed by atoms with Crippen LogP contribution >= 0.6 is 0 Å². The average molecular weight is 285 g/mol. The Balaban J connectivity index is 2.35. The summed E-state index contributed by atoms with van der Waals surface area (Å²) in [5.74, 6) is 1.47. The maximum Gasteiger partial charge on any atom is 0.317 e. The molecule has 2 amide bonds. The largest absolute Gasteiger partial charge is 0.392 e. The molecule has 1 aliphatic rings. The molecule has 0 radical (unpaired) electrons. The highest BCUT2D eigenvalue weighted by Crippen LogP contribution is 2.20. The van der Waals surface area contributed by atoms with Gasteiger partial charge in [0.2, 0.25) is 0 Å². The van der Waals surface area contributed by atoms with Gasteiger partial charge in [0.25, 0.3) is 0 Å². The van der Waals surface area contributed by atoms with Crippen LogP contribution in [0, 0.1) is 11.8 Å². The molecule has 0 aromatic carbocycles. The Morgan fingerprint density at radius 3 is 2.40 bits per heavy atom. The molecular weight excluding hydrogens is 254 g/mol. The van der Waals surface area contributed by atoms with Gasteiger partial charge in [-0.15, -0.1) is 0 Å². The number of urea groups is 1. The van der Waals surface area contributed by atoms with Crippen LogP contribution in [0.15, 0.2) is 0 Å². The van der Waals surface area contributed by atoms with Crippen LogP contribution in [-0.4, -0.2) is 66.3 Å². The number of piperidine rings is 1. The summed E-state index contributed by atoms with van der Waals surface area (Å²) in [5, 5.41) is 12.3. The van der Waals surface area contributed by atoms with E-state index in [4.69, 9.17) is 0 Å². The number of nitrogens with zero attached hydrogens (tertiary/aromatic N) is 2. The van der Waals surface area contributed by atoms with Crippen molar-refractivity contribution in [3.63, 3.8) is 0 Å². The number of carbonyl (C=O) groups is 1. The van der Waals surface area contributed by atoms with Gasteiger partial charge >= 0.3 is 6.03 Å². The molecule has 5 nitrogen and oxygen atoms in total. The highest BCUT2D eigenvalue weighted by Gasteiger charge is 2.23. The van der Waals surface area contributed by atoms with E-state index in [0.717, 1.165) is 31.5 Å². The Morgan fingerprint density at radius 1 is 1.35 bits per heavy atom. The van der Waals surface area contributed by atoms with Crippen molar-refractivity contribution in [3.8, 4) is 0 Å². The molecule has 5 heteroatoms. The van der Waals surface area contributed by atoms with Crippen LogP contribution in [0.25, 0.3) is 0 Å². The molecule has 1 fully saturated rings. The quantitative estimate of drug-likeness (QED) is 0.802. The molecule has 0 aliphatic carbocycles. The Bertz CT molecular complexity index is 299. The van der Waals surface area contributed by atoms with Crippen LogP contribution in [0.5, 0.6) is 0 Å². The van der Waals surface area contributed by atoms with E-state index >= 15 is 0 Å². The lowest BCUT2D eigenvalue weighted by Crippen LogP contribution is -2.50. The zero-order valence-corrected chi connectivity index (χ0v) is 13.6. The molecule has 2 N–H and O–H groups in total. The third-order valence-electron chi connectivity index (χ3n) is 3.73. The molecule has 0 aromatic rings. The summed E-state index contributed by atoms with van der Waals surface area (Å²) in [6, 6.07) is 0.00737. The third kappa shape index (κ3) is 6.09. The van der Waals surface area contributed by atoms with Gasteiger partial charge in [-0.05, 0) is 32.1 Å². The number of aliphatic hydroxyl groups is 1. The molecule has 0 saturated carbocycles. The summed E-state index contributed by atoms with van der Waals surface area (Å²) in [4.78, 5) is 15.9. The van der Waals surface area contributed by atoms with Crippen molar-refractivity contribution in [1.82, 2.24) is 15.1 Å². The van der Waals surface area contributed by atoms with Gasteiger partial charge < -0.3 is 20.2 Å². The number of amides is 2. The van der Waals surface area contributed by atoms with E-state index in [-0.39, 0.29) is 12.1 Å². The SMILES string of the molecule is CC(O)CN(C)C(=O)NC(C)CN1CC(C)CC(C)C1. The number of rotatable bonds is 5. The number of likely N-dealkylation sites (N-methyl/N-ethyl adjacent to an activating group) is 1. The second-order valence-corrected chi connectivity index (χ2v) is 6.74. The fourth-order valence-corrected chi connectivity index (χ4v) is 3.17. The zero-order chi connectivity index (χ0) is 15.3. The zero-order valence-electron chi connectivity index (χ0n) is 13.6. The first-order chi connectivity index (χ1) is 9.27. The number of hydrogen-bond donors (Lipinski definition) is 2. The van der Waals surface area contributed by atoms with Crippen LogP contribution in [-0.2, 0) is 0 Å². The average Bonchev–Trinajstić information content (AvgIpc) is 2.25. The summed E-state index contributed by atoms with van der Waals surface area (Å²) < 4.78 is 0. The van der Waals surface area contributed by atoms with E-state index in [1.807, 2.05) is 6.92 Å². The number of hydrogen-bond acceptors (Lipinski definition) is 3. The Morgan fingerprint density at radius 2 is 1.90 bits per heavy atom. The van der Waals surface area contributed by atoms with E-state index in [0.29, 0.717) is 6.54 Å². The second kappa shape index (κ2) is 7.84. The van der Waals surface area contributed by atoms with E-state index in [9.17, 15) is 9.90 Å². The van der Waals surface area contributed by atoms with Crippen LogP contribution in [0.1, 0.15) is 34.1 Å². The number of likely N-dealkylation sites (tertiary alicyclic amines) is 1. The molecule has 20 heavy (non-hydrogen) atoms. The number of carbonyl (C=O) groups excluding carboxylic acids is 1. The molecule has 1 saturated heterocycles. The van der Waals surface area contributed by atoms with Gasteiger partial charge in [0, 0.05) is 39.3 Å². The fourth-order valence-electron chi connectivity index (χ4n) is 3.17. The normalized spacial score (nSPS) is 26.9. The van der Waals surface area contributed by atoms with Crippen molar-refractivity contribution in [1.29, 1.82) is 0 Å². The molecule has 0 spiro atoms. The maximum atomic E-state index is 11.9. The monoisotopic (exact) mass is 285 g/mol. The molecule has 1 heterocycles. The van der Waals surface area contributed by atoms with Gasteiger partial charge in [0.15, 0.2) is 0 Å². The van der Waals surface area contributed by atoms with E-state index in [1.165, 1.54) is 11.3 Å².